The van der Waals surface area contributed by atoms with Crippen LogP contribution in [0.4, 0.5) is 5.69 Å². The third-order valence-electron chi connectivity index (χ3n) is 3.20. The van der Waals surface area contributed by atoms with E-state index in [1.807, 2.05) is 65.5 Å². The largest absolute Gasteiger partial charge is 0.322 e. The molecular weight excluding hydrogens is 389 g/mol. The van der Waals surface area contributed by atoms with Gasteiger partial charge in [-0.2, -0.15) is 5.10 Å². The Bertz CT molecular complexity index is 767. The lowest BCUT2D eigenvalue weighted by Crippen LogP contribution is -2.12. The third kappa shape index (κ3) is 3.73. The van der Waals surface area contributed by atoms with Crippen LogP contribution in [0.25, 0.3) is 0 Å². The Kier molecular flexibility index (Phi) is 4.53. The topological polar surface area (TPSA) is 46.9 Å². The highest BCUT2D eigenvalue weighted by Crippen LogP contribution is 2.14. The van der Waals surface area contributed by atoms with Crippen molar-refractivity contribution < 1.29 is 4.79 Å². The van der Waals surface area contributed by atoms with E-state index in [1.54, 1.807) is 6.20 Å². The van der Waals surface area contributed by atoms with E-state index in [-0.39, 0.29) is 5.91 Å². The minimum absolute atomic E-state index is 0.104. The van der Waals surface area contributed by atoms with Gasteiger partial charge in [0.25, 0.3) is 5.91 Å². The molecule has 0 fully saturated rings. The molecule has 0 atom stereocenters. The Hall–Kier alpha value is -2.15. The lowest BCUT2D eigenvalue weighted by atomic mass is 10.1. The fourth-order valence-corrected chi connectivity index (χ4v) is 2.49. The van der Waals surface area contributed by atoms with Crippen LogP contribution in [-0.4, -0.2) is 15.7 Å². The number of nitrogens with one attached hydrogen (secondary N) is 1. The van der Waals surface area contributed by atoms with Crippen molar-refractivity contribution in [1.82, 2.24) is 9.78 Å². The van der Waals surface area contributed by atoms with Crippen molar-refractivity contribution in [3.63, 3.8) is 0 Å². The first-order valence-electron chi connectivity index (χ1n) is 6.84. The van der Waals surface area contributed by atoms with E-state index < -0.39 is 0 Å². The fraction of sp³-hybridized carbons (Fsp3) is 0.0588. The van der Waals surface area contributed by atoms with E-state index in [9.17, 15) is 4.79 Å². The van der Waals surface area contributed by atoms with Crippen molar-refractivity contribution in [2.45, 2.75) is 6.54 Å². The number of benzene rings is 2. The molecule has 1 N–H and O–H groups in total. The zero-order valence-electron chi connectivity index (χ0n) is 11.7. The highest BCUT2D eigenvalue weighted by molar-refractivity contribution is 14.1. The molecule has 0 radical (unpaired) electrons. The minimum atomic E-state index is -0.104. The van der Waals surface area contributed by atoms with Crippen LogP contribution in [0.1, 0.15) is 15.9 Å². The smallest absolute Gasteiger partial charge is 0.255 e. The second-order valence-electron chi connectivity index (χ2n) is 4.87. The molecule has 1 heterocycles. The second kappa shape index (κ2) is 6.74. The molecule has 3 rings (SSSR count). The molecular formula is C17H14IN3O. The molecule has 0 saturated heterocycles. The van der Waals surface area contributed by atoms with E-state index in [2.05, 4.69) is 33.0 Å². The van der Waals surface area contributed by atoms with Gasteiger partial charge in [0.2, 0.25) is 0 Å². The molecule has 4 nitrogen and oxygen atoms in total. The number of nitrogens with zero attached hydrogens (tertiary/aromatic N) is 2. The Morgan fingerprint density at radius 1 is 1.14 bits per heavy atom. The number of hydrogen-bond acceptors (Lipinski definition) is 2. The molecule has 5 heteroatoms. The van der Waals surface area contributed by atoms with E-state index in [1.165, 1.54) is 0 Å². The van der Waals surface area contributed by atoms with Crippen LogP contribution in [-0.2, 0) is 6.54 Å². The summed E-state index contributed by atoms with van der Waals surface area (Å²) in [6, 6.07) is 17.2. The molecule has 0 bridgehead atoms. The van der Waals surface area contributed by atoms with Crippen LogP contribution in [0.15, 0.2) is 67.0 Å². The Morgan fingerprint density at radius 3 is 2.68 bits per heavy atom. The quantitative estimate of drug-likeness (QED) is 0.674. The van der Waals surface area contributed by atoms with Gasteiger partial charge in [-0.05, 0) is 70.6 Å². The van der Waals surface area contributed by atoms with Crippen LogP contribution in [0, 0.1) is 3.57 Å². The van der Waals surface area contributed by atoms with Gasteiger partial charge in [-0.15, -0.1) is 0 Å². The average Bonchev–Trinajstić information content (AvgIpc) is 3.01. The molecule has 0 unspecified atom stereocenters. The minimum Gasteiger partial charge on any atom is -0.322 e. The summed E-state index contributed by atoms with van der Waals surface area (Å²) in [5.41, 5.74) is 2.52. The average molecular weight is 403 g/mol. The van der Waals surface area contributed by atoms with Gasteiger partial charge < -0.3 is 5.32 Å². The van der Waals surface area contributed by atoms with Crippen molar-refractivity contribution >= 4 is 34.2 Å². The number of carbonyl (C=O) groups is 1. The van der Waals surface area contributed by atoms with Crippen molar-refractivity contribution in [3.8, 4) is 0 Å². The molecule has 0 saturated carbocycles. The van der Waals surface area contributed by atoms with Crippen LogP contribution >= 0.6 is 22.6 Å². The molecule has 3 aromatic rings. The summed E-state index contributed by atoms with van der Waals surface area (Å²) in [7, 11) is 0. The van der Waals surface area contributed by atoms with Crippen LogP contribution < -0.4 is 5.32 Å². The van der Waals surface area contributed by atoms with Crippen molar-refractivity contribution in [2.24, 2.45) is 0 Å². The summed E-state index contributed by atoms with van der Waals surface area (Å²) >= 11 is 2.22. The van der Waals surface area contributed by atoms with Crippen LogP contribution in [0.2, 0.25) is 0 Å². The number of hydrogen-bond donors (Lipinski definition) is 1. The lowest BCUT2D eigenvalue weighted by molar-refractivity contribution is 0.102. The predicted octanol–water partition coefficient (Wildman–Crippen LogP) is 3.79. The van der Waals surface area contributed by atoms with Gasteiger partial charge >= 0.3 is 0 Å². The first kappa shape index (κ1) is 14.8. The zero-order valence-corrected chi connectivity index (χ0v) is 13.9. The lowest BCUT2D eigenvalue weighted by Gasteiger charge is -2.08. The fourth-order valence-electron chi connectivity index (χ4n) is 2.13. The van der Waals surface area contributed by atoms with Crippen molar-refractivity contribution in [2.75, 3.05) is 5.32 Å². The van der Waals surface area contributed by atoms with Gasteiger partial charge in [-0.1, -0.05) is 12.1 Å². The van der Waals surface area contributed by atoms with Crippen molar-refractivity contribution in [3.05, 3.63) is 81.7 Å². The number of halogens is 1. The Balaban J connectivity index is 1.72. The van der Waals surface area contributed by atoms with E-state index >= 15 is 0 Å². The van der Waals surface area contributed by atoms with Gasteiger partial charge in [0, 0.05) is 27.2 Å². The second-order valence-corrected chi connectivity index (χ2v) is 6.11. The molecule has 0 aliphatic rings. The number of aromatic nitrogens is 2. The Labute approximate surface area is 142 Å². The number of amides is 1. The molecule has 22 heavy (non-hydrogen) atoms. The summed E-state index contributed by atoms with van der Waals surface area (Å²) in [5.74, 6) is -0.104. The summed E-state index contributed by atoms with van der Waals surface area (Å²) in [6.07, 6.45) is 3.67. The SMILES string of the molecule is O=C(Nc1cccc(Cn2cccn2)c1)c1ccc(I)cc1. The first-order valence-corrected chi connectivity index (χ1v) is 7.92. The molecule has 1 amide bonds. The van der Waals surface area contributed by atoms with E-state index in [0.29, 0.717) is 12.1 Å². The maximum absolute atomic E-state index is 12.2. The molecule has 2 aromatic carbocycles. The van der Waals surface area contributed by atoms with Crippen LogP contribution in [0.5, 0.6) is 0 Å². The summed E-state index contributed by atoms with van der Waals surface area (Å²) < 4.78 is 2.95. The molecule has 0 spiro atoms. The first-order chi connectivity index (χ1) is 10.7. The predicted molar refractivity (Wildman–Crippen MR) is 94.9 cm³/mol. The number of anilines is 1. The van der Waals surface area contributed by atoms with Crippen molar-refractivity contribution in [1.29, 1.82) is 0 Å². The molecule has 0 aliphatic carbocycles. The van der Waals surface area contributed by atoms with Gasteiger partial charge in [-0.3, -0.25) is 9.48 Å². The van der Waals surface area contributed by atoms with Gasteiger partial charge in [0.05, 0.1) is 6.54 Å². The standard InChI is InChI=1S/C17H14IN3O/c18-15-7-5-14(6-8-15)17(22)20-16-4-1-3-13(11-16)12-21-10-2-9-19-21/h1-11H,12H2,(H,20,22). The van der Waals surface area contributed by atoms with E-state index in [0.717, 1.165) is 14.8 Å². The molecule has 110 valence electrons. The summed E-state index contributed by atoms with van der Waals surface area (Å²) in [4.78, 5) is 12.2. The normalized spacial score (nSPS) is 10.4. The monoisotopic (exact) mass is 403 g/mol. The molecule has 1 aromatic heterocycles. The highest BCUT2D eigenvalue weighted by atomic mass is 127. The number of carbonyl (C=O) groups excluding carboxylic acids is 1. The maximum atomic E-state index is 12.2. The van der Waals surface area contributed by atoms with Gasteiger partial charge in [-0.25, -0.2) is 0 Å². The number of rotatable bonds is 4. The molecule has 0 aliphatic heterocycles. The summed E-state index contributed by atoms with van der Waals surface area (Å²) in [5, 5.41) is 7.11. The zero-order chi connectivity index (χ0) is 15.4. The third-order valence-corrected chi connectivity index (χ3v) is 3.91. The maximum Gasteiger partial charge on any atom is 0.255 e. The van der Waals surface area contributed by atoms with Gasteiger partial charge in [0.15, 0.2) is 0 Å². The Morgan fingerprint density at radius 2 is 1.95 bits per heavy atom. The van der Waals surface area contributed by atoms with Gasteiger partial charge in [0.1, 0.15) is 0 Å². The summed E-state index contributed by atoms with van der Waals surface area (Å²) in [6.45, 7) is 0.681. The van der Waals surface area contributed by atoms with E-state index in [4.69, 9.17) is 0 Å². The van der Waals surface area contributed by atoms with Crippen LogP contribution in [0.3, 0.4) is 0 Å². The highest BCUT2D eigenvalue weighted by Gasteiger charge is 2.06.